The molecule has 2 N–H and O–H groups in total. The van der Waals surface area contributed by atoms with E-state index in [0.717, 1.165) is 18.7 Å². The highest BCUT2D eigenvalue weighted by atomic mass is 32.2. The lowest BCUT2D eigenvalue weighted by Crippen LogP contribution is -2.13. The molecular weight excluding hydrogens is 290 g/mol. The van der Waals surface area contributed by atoms with Crippen LogP contribution in [0.1, 0.15) is 44.6 Å². The third kappa shape index (κ3) is 3.44. The van der Waals surface area contributed by atoms with Crippen molar-refractivity contribution in [2.45, 2.75) is 51.6 Å². The fraction of sp³-hybridized carbons (Fsp3) is 0.538. The molecule has 0 spiro atoms. The van der Waals surface area contributed by atoms with Gasteiger partial charge in [-0.05, 0) is 19.3 Å². The van der Waals surface area contributed by atoms with Crippen molar-refractivity contribution >= 4 is 15.8 Å². The van der Waals surface area contributed by atoms with E-state index in [1.54, 1.807) is 19.2 Å². The van der Waals surface area contributed by atoms with Gasteiger partial charge in [0.1, 0.15) is 5.82 Å². The number of aromatic nitrogens is 4. The van der Waals surface area contributed by atoms with E-state index in [2.05, 4.69) is 19.9 Å². The Balaban J connectivity index is 2.23. The predicted octanol–water partition coefficient (Wildman–Crippen LogP) is 2.25. The largest absolute Gasteiger partial charge is 0.334 e. The molecule has 116 valence electrons. The number of aryl methyl sites for hydroxylation is 2. The molecule has 2 heterocycles. The number of imidazole rings is 1. The van der Waals surface area contributed by atoms with E-state index in [4.69, 9.17) is 0 Å². The molecule has 0 aliphatic rings. The number of anilines is 1. The molecule has 2 rings (SSSR count). The van der Waals surface area contributed by atoms with E-state index in [1.165, 1.54) is 0 Å². The minimum atomic E-state index is -3.71. The molecule has 0 saturated carbocycles. The van der Waals surface area contributed by atoms with Gasteiger partial charge >= 0.3 is 0 Å². The number of aromatic amines is 1. The molecule has 0 saturated heterocycles. The lowest BCUT2D eigenvalue weighted by atomic mass is 10.1. The Kier molecular flexibility index (Phi) is 4.36. The summed E-state index contributed by atoms with van der Waals surface area (Å²) in [5.41, 5.74) is 0.875. The second-order valence-corrected chi connectivity index (χ2v) is 6.92. The van der Waals surface area contributed by atoms with E-state index < -0.39 is 10.0 Å². The summed E-state index contributed by atoms with van der Waals surface area (Å²) in [6, 6.07) is 1.69. The topological polar surface area (TPSA) is 92.7 Å². The molecule has 7 nitrogen and oxygen atoms in total. The fourth-order valence-corrected chi connectivity index (χ4v) is 2.95. The highest BCUT2D eigenvalue weighted by molar-refractivity contribution is 7.92. The first-order chi connectivity index (χ1) is 9.83. The van der Waals surface area contributed by atoms with Crippen LogP contribution in [0.25, 0.3) is 0 Å². The van der Waals surface area contributed by atoms with Crippen molar-refractivity contribution in [2.75, 3.05) is 4.72 Å². The fourth-order valence-electron chi connectivity index (χ4n) is 1.95. The number of nitrogens with zero attached hydrogens (tertiary/aromatic N) is 3. The Morgan fingerprint density at radius 1 is 1.43 bits per heavy atom. The van der Waals surface area contributed by atoms with Gasteiger partial charge in [-0.1, -0.05) is 20.8 Å². The second-order valence-electron chi connectivity index (χ2n) is 5.29. The van der Waals surface area contributed by atoms with Crippen LogP contribution in [0.3, 0.4) is 0 Å². The minimum absolute atomic E-state index is 0.0162. The summed E-state index contributed by atoms with van der Waals surface area (Å²) in [7, 11) is -3.71. The number of hydrogen-bond acceptors (Lipinski definition) is 4. The number of sulfonamides is 1. The van der Waals surface area contributed by atoms with Gasteiger partial charge in [0.15, 0.2) is 10.8 Å². The monoisotopic (exact) mass is 311 g/mol. The van der Waals surface area contributed by atoms with E-state index >= 15 is 0 Å². The molecule has 0 atom stereocenters. The van der Waals surface area contributed by atoms with Gasteiger partial charge < -0.3 is 4.57 Å². The van der Waals surface area contributed by atoms with Crippen molar-refractivity contribution in [1.29, 1.82) is 0 Å². The highest BCUT2D eigenvalue weighted by Gasteiger charge is 2.20. The van der Waals surface area contributed by atoms with Crippen molar-refractivity contribution in [1.82, 2.24) is 19.7 Å². The third-order valence-electron chi connectivity index (χ3n) is 3.15. The number of rotatable bonds is 6. The Morgan fingerprint density at radius 3 is 2.71 bits per heavy atom. The van der Waals surface area contributed by atoms with Crippen LogP contribution in [0.2, 0.25) is 0 Å². The lowest BCUT2D eigenvalue weighted by molar-refractivity contribution is 0.597. The Labute approximate surface area is 124 Å². The zero-order valence-corrected chi connectivity index (χ0v) is 13.5. The van der Waals surface area contributed by atoms with Gasteiger partial charge in [0.2, 0.25) is 0 Å². The number of H-pyrrole nitrogens is 1. The van der Waals surface area contributed by atoms with Crippen LogP contribution in [0.5, 0.6) is 0 Å². The smallest absolute Gasteiger partial charge is 0.282 e. The molecule has 21 heavy (non-hydrogen) atoms. The summed E-state index contributed by atoms with van der Waals surface area (Å²) in [5, 5.41) is 6.79. The zero-order valence-electron chi connectivity index (χ0n) is 12.7. The first kappa shape index (κ1) is 15.6. The van der Waals surface area contributed by atoms with Crippen LogP contribution >= 0.6 is 0 Å². The number of hydrogen-bond donors (Lipinski definition) is 2. The summed E-state index contributed by atoms with van der Waals surface area (Å²) in [4.78, 5) is 4.11. The van der Waals surface area contributed by atoms with Crippen molar-refractivity contribution in [3.63, 3.8) is 0 Å². The first-order valence-electron chi connectivity index (χ1n) is 6.95. The van der Waals surface area contributed by atoms with E-state index in [-0.39, 0.29) is 16.8 Å². The van der Waals surface area contributed by atoms with Crippen LogP contribution in [-0.4, -0.2) is 28.2 Å². The van der Waals surface area contributed by atoms with Gasteiger partial charge in [-0.2, -0.15) is 13.5 Å². The van der Waals surface area contributed by atoms with Crippen LogP contribution in [0, 0.1) is 6.92 Å². The van der Waals surface area contributed by atoms with Gasteiger partial charge in [-0.25, -0.2) is 4.98 Å². The maximum Gasteiger partial charge on any atom is 0.282 e. The molecule has 0 amide bonds. The molecule has 2 aromatic heterocycles. The van der Waals surface area contributed by atoms with Gasteiger partial charge in [0, 0.05) is 24.5 Å². The summed E-state index contributed by atoms with van der Waals surface area (Å²) in [5.74, 6) is 1.21. The Morgan fingerprint density at radius 2 is 2.14 bits per heavy atom. The zero-order chi connectivity index (χ0) is 15.6. The molecular formula is C13H21N5O2S. The minimum Gasteiger partial charge on any atom is -0.334 e. The van der Waals surface area contributed by atoms with Crippen LogP contribution < -0.4 is 4.72 Å². The van der Waals surface area contributed by atoms with Crippen molar-refractivity contribution < 1.29 is 8.42 Å². The first-order valence-corrected chi connectivity index (χ1v) is 8.43. The molecule has 8 heteroatoms. The Hall–Kier alpha value is -1.83. The molecule has 0 fully saturated rings. The average Bonchev–Trinajstić information content (AvgIpc) is 2.98. The standard InChI is InChI=1S/C13H21N5O2S/c1-5-6-18-8-13(14-10(18)4)21(19,20)17-12-7-11(9(2)3)15-16-12/h7-9H,5-6H2,1-4H3,(H2,15,16,17). The quantitative estimate of drug-likeness (QED) is 0.855. The van der Waals surface area contributed by atoms with Gasteiger partial charge in [-0.15, -0.1) is 0 Å². The van der Waals surface area contributed by atoms with Gasteiger partial charge in [-0.3, -0.25) is 9.82 Å². The molecule has 2 aromatic rings. The van der Waals surface area contributed by atoms with Gasteiger partial charge in [0.25, 0.3) is 10.0 Å². The van der Waals surface area contributed by atoms with Crippen molar-refractivity contribution in [2.24, 2.45) is 0 Å². The molecule has 0 aromatic carbocycles. The summed E-state index contributed by atoms with van der Waals surface area (Å²) >= 11 is 0. The average molecular weight is 311 g/mol. The maximum atomic E-state index is 12.3. The summed E-state index contributed by atoms with van der Waals surface area (Å²) < 4.78 is 28.9. The molecule has 0 unspecified atom stereocenters. The SMILES string of the molecule is CCCn1cc(S(=O)(=O)Nc2cc(C(C)C)[nH]n2)nc1C. The van der Waals surface area contributed by atoms with Crippen molar-refractivity contribution in [3.05, 3.63) is 23.8 Å². The third-order valence-corrected chi connectivity index (χ3v) is 4.38. The Bertz CT molecular complexity index is 715. The lowest BCUT2D eigenvalue weighted by Gasteiger charge is -2.01. The molecule has 0 radical (unpaired) electrons. The second kappa shape index (κ2) is 5.88. The highest BCUT2D eigenvalue weighted by Crippen LogP contribution is 2.18. The van der Waals surface area contributed by atoms with Crippen LogP contribution in [-0.2, 0) is 16.6 Å². The summed E-state index contributed by atoms with van der Waals surface area (Å²) in [6.45, 7) is 8.57. The maximum absolute atomic E-state index is 12.3. The van der Waals surface area contributed by atoms with Crippen molar-refractivity contribution in [3.8, 4) is 0 Å². The number of nitrogens with one attached hydrogen (secondary N) is 2. The normalized spacial score (nSPS) is 12.0. The van der Waals surface area contributed by atoms with Gasteiger partial charge in [0.05, 0.1) is 0 Å². The van der Waals surface area contributed by atoms with E-state index in [0.29, 0.717) is 5.82 Å². The molecule has 0 bridgehead atoms. The predicted molar refractivity (Wildman–Crippen MR) is 80.7 cm³/mol. The van der Waals surface area contributed by atoms with E-state index in [1.807, 2.05) is 25.3 Å². The molecule has 0 aliphatic carbocycles. The van der Waals surface area contributed by atoms with Crippen LogP contribution in [0.15, 0.2) is 17.3 Å². The molecule has 0 aliphatic heterocycles. The van der Waals surface area contributed by atoms with E-state index in [9.17, 15) is 8.42 Å². The van der Waals surface area contributed by atoms with Crippen LogP contribution in [0.4, 0.5) is 5.82 Å². The summed E-state index contributed by atoms with van der Waals surface area (Å²) in [6.07, 6.45) is 2.47.